The van der Waals surface area contributed by atoms with Gasteiger partial charge in [0.05, 0.1) is 31.0 Å². The lowest BCUT2D eigenvalue weighted by Gasteiger charge is -2.09. The van der Waals surface area contributed by atoms with Gasteiger partial charge in [0.1, 0.15) is 18.1 Å². The molecule has 4 heteroatoms. The Labute approximate surface area is 130 Å². The zero-order valence-corrected chi connectivity index (χ0v) is 13.2. The molecule has 0 aliphatic rings. The topological polar surface area (TPSA) is 36.3 Å². The molecular weight excluding hydrogens is 276 g/mol. The molecule has 0 bridgehead atoms. The molecule has 2 aromatic carbocycles. The molecule has 1 heterocycles. The summed E-state index contributed by atoms with van der Waals surface area (Å²) in [6.07, 6.45) is 1.87. The van der Waals surface area contributed by atoms with Gasteiger partial charge in [0, 0.05) is 6.07 Å². The third kappa shape index (κ3) is 2.91. The lowest BCUT2D eigenvalue weighted by atomic mass is 10.1. The minimum absolute atomic E-state index is 0.589. The predicted octanol–water partition coefficient (Wildman–Crippen LogP) is 3.74. The highest BCUT2D eigenvalue weighted by molar-refractivity contribution is 5.77. The maximum atomic E-state index is 5.80. The van der Waals surface area contributed by atoms with Crippen molar-refractivity contribution >= 4 is 11.0 Å². The standard InChI is InChI=1S/C18H20N2O2/c1-13-9-17-18(10-14(13)2)20(12-19-17)7-8-22-16-6-4-5-15(11-16)21-3/h4-6,9-12H,7-8H2,1-3H3. The normalized spacial score (nSPS) is 10.9. The molecular formula is C18H20N2O2. The van der Waals surface area contributed by atoms with Gasteiger partial charge in [-0.25, -0.2) is 4.98 Å². The van der Waals surface area contributed by atoms with Gasteiger partial charge in [0.15, 0.2) is 0 Å². The van der Waals surface area contributed by atoms with Crippen molar-refractivity contribution in [3.63, 3.8) is 0 Å². The fourth-order valence-corrected chi connectivity index (χ4v) is 2.44. The molecule has 3 aromatic rings. The van der Waals surface area contributed by atoms with Crippen LogP contribution >= 0.6 is 0 Å². The van der Waals surface area contributed by atoms with Gasteiger partial charge >= 0.3 is 0 Å². The summed E-state index contributed by atoms with van der Waals surface area (Å²) in [6, 6.07) is 12.0. The van der Waals surface area contributed by atoms with E-state index in [0.717, 1.165) is 29.1 Å². The van der Waals surface area contributed by atoms with Crippen LogP contribution in [-0.4, -0.2) is 23.3 Å². The van der Waals surface area contributed by atoms with Gasteiger partial charge in [-0.2, -0.15) is 0 Å². The molecule has 0 N–H and O–H groups in total. The summed E-state index contributed by atoms with van der Waals surface area (Å²) in [6.45, 7) is 5.58. The fourth-order valence-electron chi connectivity index (χ4n) is 2.44. The summed E-state index contributed by atoms with van der Waals surface area (Å²) >= 11 is 0. The van der Waals surface area contributed by atoms with Gasteiger partial charge in [0.2, 0.25) is 0 Å². The highest BCUT2D eigenvalue weighted by atomic mass is 16.5. The SMILES string of the molecule is COc1cccc(OCCn2cnc3cc(C)c(C)cc32)c1. The number of aromatic nitrogens is 2. The van der Waals surface area contributed by atoms with Crippen LogP contribution in [0.4, 0.5) is 0 Å². The molecule has 0 amide bonds. The highest BCUT2D eigenvalue weighted by Crippen LogP contribution is 2.20. The summed E-state index contributed by atoms with van der Waals surface area (Å²) in [5, 5.41) is 0. The maximum absolute atomic E-state index is 5.80. The van der Waals surface area contributed by atoms with Crippen LogP contribution in [0.5, 0.6) is 11.5 Å². The predicted molar refractivity (Wildman–Crippen MR) is 87.7 cm³/mol. The molecule has 4 nitrogen and oxygen atoms in total. The average Bonchev–Trinajstić information content (AvgIpc) is 2.90. The first-order valence-electron chi connectivity index (χ1n) is 7.36. The van der Waals surface area contributed by atoms with Crippen LogP contribution in [0.2, 0.25) is 0 Å². The van der Waals surface area contributed by atoms with Crippen LogP contribution in [0.25, 0.3) is 11.0 Å². The van der Waals surface area contributed by atoms with Gasteiger partial charge in [0.25, 0.3) is 0 Å². The lowest BCUT2D eigenvalue weighted by Crippen LogP contribution is -2.07. The van der Waals surface area contributed by atoms with Crippen molar-refractivity contribution < 1.29 is 9.47 Å². The van der Waals surface area contributed by atoms with E-state index in [9.17, 15) is 0 Å². The molecule has 1 aromatic heterocycles. The average molecular weight is 296 g/mol. The molecule has 0 spiro atoms. The zero-order chi connectivity index (χ0) is 15.5. The quantitative estimate of drug-likeness (QED) is 0.719. The Hall–Kier alpha value is -2.49. The Kier molecular flexibility index (Phi) is 4.00. The number of imidazole rings is 1. The van der Waals surface area contributed by atoms with E-state index in [-0.39, 0.29) is 0 Å². The molecule has 0 radical (unpaired) electrons. The largest absolute Gasteiger partial charge is 0.497 e. The summed E-state index contributed by atoms with van der Waals surface area (Å²) in [4.78, 5) is 4.46. The number of rotatable bonds is 5. The number of hydrogen-bond acceptors (Lipinski definition) is 3. The van der Waals surface area contributed by atoms with Crippen molar-refractivity contribution in [2.75, 3.05) is 13.7 Å². The highest BCUT2D eigenvalue weighted by Gasteiger charge is 2.05. The summed E-state index contributed by atoms with van der Waals surface area (Å²) in [5.41, 5.74) is 4.73. The minimum Gasteiger partial charge on any atom is -0.497 e. The van der Waals surface area contributed by atoms with E-state index < -0.39 is 0 Å². The van der Waals surface area contributed by atoms with Crippen LogP contribution in [0.15, 0.2) is 42.7 Å². The van der Waals surface area contributed by atoms with Gasteiger partial charge in [-0.1, -0.05) is 6.07 Å². The Balaban J connectivity index is 1.70. The Morgan fingerprint density at radius 3 is 2.64 bits per heavy atom. The first-order valence-corrected chi connectivity index (χ1v) is 7.36. The van der Waals surface area contributed by atoms with Crippen molar-refractivity contribution in [1.82, 2.24) is 9.55 Å². The van der Waals surface area contributed by atoms with Crippen molar-refractivity contribution in [1.29, 1.82) is 0 Å². The minimum atomic E-state index is 0.589. The first kappa shape index (κ1) is 14.4. The summed E-state index contributed by atoms with van der Waals surface area (Å²) in [5.74, 6) is 1.62. The van der Waals surface area contributed by atoms with Gasteiger partial charge in [-0.3, -0.25) is 0 Å². The van der Waals surface area contributed by atoms with Crippen molar-refractivity contribution in [3.8, 4) is 11.5 Å². The number of benzene rings is 2. The van der Waals surface area contributed by atoms with Crippen LogP contribution in [-0.2, 0) is 6.54 Å². The molecule has 0 aliphatic carbocycles. The third-order valence-electron chi connectivity index (χ3n) is 3.88. The fraction of sp³-hybridized carbons (Fsp3) is 0.278. The number of fused-ring (bicyclic) bond motifs is 1. The van der Waals surface area contributed by atoms with E-state index in [0.29, 0.717) is 6.61 Å². The van der Waals surface area contributed by atoms with Crippen LogP contribution in [0.3, 0.4) is 0 Å². The van der Waals surface area contributed by atoms with Crippen LogP contribution in [0, 0.1) is 13.8 Å². The van der Waals surface area contributed by atoms with Gasteiger partial charge in [-0.15, -0.1) is 0 Å². The Morgan fingerprint density at radius 1 is 1.05 bits per heavy atom. The van der Waals surface area contributed by atoms with Gasteiger partial charge in [-0.05, 0) is 49.2 Å². The van der Waals surface area contributed by atoms with Crippen molar-refractivity contribution in [2.24, 2.45) is 0 Å². The number of ether oxygens (including phenoxy) is 2. The second-order valence-corrected chi connectivity index (χ2v) is 5.39. The third-order valence-corrected chi connectivity index (χ3v) is 3.88. The van der Waals surface area contributed by atoms with Crippen molar-refractivity contribution in [3.05, 3.63) is 53.9 Å². The molecule has 0 saturated carbocycles. The molecule has 3 rings (SSSR count). The van der Waals surface area contributed by atoms with Crippen LogP contribution in [0.1, 0.15) is 11.1 Å². The van der Waals surface area contributed by atoms with Gasteiger partial charge < -0.3 is 14.0 Å². The van der Waals surface area contributed by atoms with E-state index >= 15 is 0 Å². The number of aryl methyl sites for hydroxylation is 2. The molecule has 0 aliphatic heterocycles. The monoisotopic (exact) mass is 296 g/mol. The maximum Gasteiger partial charge on any atom is 0.123 e. The zero-order valence-electron chi connectivity index (χ0n) is 13.2. The van der Waals surface area contributed by atoms with E-state index in [4.69, 9.17) is 9.47 Å². The molecule has 114 valence electrons. The smallest absolute Gasteiger partial charge is 0.123 e. The van der Waals surface area contributed by atoms with E-state index in [1.807, 2.05) is 30.6 Å². The molecule has 22 heavy (non-hydrogen) atoms. The first-order chi connectivity index (χ1) is 10.7. The summed E-state index contributed by atoms with van der Waals surface area (Å²) in [7, 11) is 1.65. The molecule has 0 atom stereocenters. The Morgan fingerprint density at radius 2 is 1.82 bits per heavy atom. The molecule has 0 unspecified atom stereocenters. The van der Waals surface area contributed by atoms with E-state index in [2.05, 4.69) is 35.5 Å². The van der Waals surface area contributed by atoms with Crippen molar-refractivity contribution in [2.45, 2.75) is 20.4 Å². The number of methoxy groups -OCH3 is 1. The number of hydrogen-bond donors (Lipinski definition) is 0. The van der Waals surface area contributed by atoms with Crippen LogP contribution < -0.4 is 9.47 Å². The lowest BCUT2D eigenvalue weighted by molar-refractivity contribution is 0.298. The second-order valence-electron chi connectivity index (χ2n) is 5.39. The molecule has 0 saturated heterocycles. The summed E-state index contributed by atoms with van der Waals surface area (Å²) < 4.78 is 13.1. The number of nitrogens with zero attached hydrogens (tertiary/aromatic N) is 2. The Bertz CT molecular complexity index is 793. The van der Waals surface area contributed by atoms with E-state index in [1.54, 1.807) is 7.11 Å². The second kappa shape index (κ2) is 6.10. The van der Waals surface area contributed by atoms with E-state index in [1.165, 1.54) is 11.1 Å². The molecule has 0 fully saturated rings.